The van der Waals surface area contributed by atoms with Crippen molar-refractivity contribution >= 4 is 17.7 Å². The minimum Gasteiger partial charge on any atom is -0.457 e. The lowest BCUT2D eigenvalue weighted by Gasteiger charge is -2.06. The van der Waals surface area contributed by atoms with E-state index in [-0.39, 0.29) is 17.2 Å². The van der Waals surface area contributed by atoms with Gasteiger partial charge in [0.1, 0.15) is 16.9 Å². The second-order valence-corrected chi connectivity index (χ2v) is 4.06. The van der Waals surface area contributed by atoms with Crippen LogP contribution >= 0.6 is 11.8 Å². The van der Waals surface area contributed by atoms with Crippen molar-refractivity contribution in [3.63, 3.8) is 0 Å². The van der Waals surface area contributed by atoms with Gasteiger partial charge >= 0.3 is 5.97 Å². The highest BCUT2D eigenvalue weighted by Gasteiger charge is 2.14. The van der Waals surface area contributed by atoms with E-state index in [2.05, 4.69) is 0 Å². The molecule has 88 valence electrons. The summed E-state index contributed by atoms with van der Waals surface area (Å²) in [6.45, 7) is 1.73. The highest BCUT2D eigenvalue weighted by molar-refractivity contribution is 8.08. The van der Waals surface area contributed by atoms with E-state index in [1.807, 2.05) is 30.3 Å². The van der Waals surface area contributed by atoms with E-state index in [0.717, 1.165) is 5.56 Å². The predicted molar refractivity (Wildman–Crippen MR) is 66.3 cm³/mol. The Morgan fingerprint density at radius 2 is 2.12 bits per heavy atom. The third kappa shape index (κ3) is 4.21. The van der Waals surface area contributed by atoms with Crippen LogP contribution in [0.2, 0.25) is 0 Å². The number of thiocyanates is 1. The quantitative estimate of drug-likeness (QED) is 0.502. The number of nitrogens with two attached hydrogens (primary N) is 1. The zero-order valence-electron chi connectivity index (χ0n) is 9.34. The van der Waals surface area contributed by atoms with Crippen molar-refractivity contribution in [2.75, 3.05) is 0 Å². The summed E-state index contributed by atoms with van der Waals surface area (Å²) in [6, 6.07) is 9.30. The first-order valence-electron chi connectivity index (χ1n) is 4.88. The van der Waals surface area contributed by atoms with Crippen LogP contribution in [-0.2, 0) is 16.1 Å². The topological polar surface area (TPSA) is 76.1 Å². The van der Waals surface area contributed by atoms with Crippen LogP contribution < -0.4 is 5.73 Å². The van der Waals surface area contributed by atoms with E-state index in [1.54, 1.807) is 12.3 Å². The number of nitrogens with zero attached hydrogens (tertiary/aromatic N) is 1. The molecule has 0 spiro atoms. The Balaban J connectivity index is 2.61. The summed E-state index contributed by atoms with van der Waals surface area (Å²) >= 11 is 0.713. The number of nitriles is 1. The molecule has 0 heterocycles. The zero-order valence-corrected chi connectivity index (χ0v) is 10.2. The van der Waals surface area contributed by atoms with Crippen LogP contribution in [-0.4, -0.2) is 5.97 Å². The molecular formula is C12H12N2O2S. The number of hydrogen-bond acceptors (Lipinski definition) is 5. The number of esters is 1. The van der Waals surface area contributed by atoms with Crippen LogP contribution in [0.1, 0.15) is 12.5 Å². The average Bonchev–Trinajstić information content (AvgIpc) is 2.34. The fraction of sp³-hybridized carbons (Fsp3) is 0.167. The van der Waals surface area contributed by atoms with E-state index in [4.69, 9.17) is 15.7 Å². The van der Waals surface area contributed by atoms with Crippen LogP contribution in [0.5, 0.6) is 0 Å². The summed E-state index contributed by atoms with van der Waals surface area (Å²) in [5, 5.41) is 10.3. The minimum atomic E-state index is -0.569. The number of carbonyl (C=O) groups is 1. The molecule has 1 aromatic rings. The smallest absolute Gasteiger partial charge is 0.347 e. The molecule has 1 aromatic carbocycles. The van der Waals surface area contributed by atoms with E-state index >= 15 is 0 Å². The lowest BCUT2D eigenvalue weighted by atomic mass is 10.2. The molecule has 5 heteroatoms. The van der Waals surface area contributed by atoms with Crippen LogP contribution in [0, 0.1) is 10.7 Å². The van der Waals surface area contributed by atoms with Gasteiger partial charge in [-0.3, -0.25) is 0 Å². The number of rotatable bonds is 4. The highest BCUT2D eigenvalue weighted by Crippen LogP contribution is 2.18. The van der Waals surface area contributed by atoms with Crippen LogP contribution in [0.4, 0.5) is 0 Å². The van der Waals surface area contributed by atoms with E-state index in [9.17, 15) is 4.79 Å². The number of hydrogen-bond donors (Lipinski definition) is 1. The summed E-state index contributed by atoms with van der Waals surface area (Å²) < 4.78 is 5.06. The summed E-state index contributed by atoms with van der Waals surface area (Å²) in [7, 11) is 0. The number of ether oxygens (including phenoxy) is 1. The van der Waals surface area contributed by atoms with Gasteiger partial charge in [0, 0.05) is 5.70 Å². The SMILES string of the molecule is CC(N)=C(SC#N)C(=O)OCc1ccccc1. The first-order chi connectivity index (χ1) is 8.15. The molecule has 0 saturated carbocycles. The molecule has 0 aliphatic heterocycles. The Hall–Kier alpha value is -1.93. The molecule has 0 amide bonds. The average molecular weight is 248 g/mol. The van der Waals surface area contributed by atoms with Gasteiger partial charge < -0.3 is 10.5 Å². The van der Waals surface area contributed by atoms with Gasteiger partial charge in [-0.2, -0.15) is 5.26 Å². The van der Waals surface area contributed by atoms with Gasteiger partial charge in [0.2, 0.25) is 0 Å². The van der Waals surface area contributed by atoms with E-state index in [1.165, 1.54) is 0 Å². The Morgan fingerprint density at radius 3 is 2.65 bits per heavy atom. The van der Waals surface area contributed by atoms with Gasteiger partial charge in [0.05, 0.1) is 0 Å². The second-order valence-electron chi connectivity index (χ2n) is 3.27. The van der Waals surface area contributed by atoms with Crippen molar-refractivity contribution in [2.45, 2.75) is 13.5 Å². The fourth-order valence-electron chi connectivity index (χ4n) is 1.12. The lowest BCUT2D eigenvalue weighted by Crippen LogP contribution is -2.10. The standard InChI is InChI=1S/C12H12N2O2S/c1-9(14)11(17-8-13)12(15)16-7-10-5-3-2-4-6-10/h2-6H,7,14H2,1H3. The number of thioether (sulfide) groups is 1. The Labute approximate surface area is 104 Å². The molecule has 4 nitrogen and oxygen atoms in total. The third-order valence-corrected chi connectivity index (χ3v) is 2.69. The van der Waals surface area contributed by atoms with Crippen molar-refractivity contribution in [2.24, 2.45) is 5.73 Å². The molecule has 17 heavy (non-hydrogen) atoms. The first kappa shape index (κ1) is 13.1. The largest absolute Gasteiger partial charge is 0.457 e. The van der Waals surface area contributed by atoms with E-state index in [0.29, 0.717) is 11.8 Å². The molecule has 1 rings (SSSR count). The second kappa shape index (κ2) is 6.61. The van der Waals surface area contributed by atoms with Crippen LogP contribution in [0.25, 0.3) is 0 Å². The molecule has 0 bridgehead atoms. The van der Waals surface area contributed by atoms with Gasteiger partial charge in [-0.25, -0.2) is 4.79 Å². The maximum atomic E-state index is 11.6. The summed E-state index contributed by atoms with van der Waals surface area (Å²) in [5.41, 5.74) is 6.67. The highest BCUT2D eigenvalue weighted by atomic mass is 32.2. The van der Waals surface area contributed by atoms with Crippen molar-refractivity contribution in [1.29, 1.82) is 5.26 Å². The molecule has 2 N–H and O–H groups in total. The summed E-state index contributed by atoms with van der Waals surface area (Å²) in [5.74, 6) is -0.569. The summed E-state index contributed by atoms with van der Waals surface area (Å²) in [4.78, 5) is 11.8. The van der Waals surface area contributed by atoms with Gasteiger partial charge in [-0.1, -0.05) is 30.3 Å². The van der Waals surface area contributed by atoms with Crippen LogP contribution in [0.15, 0.2) is 40.9 Å². The molecule has 0 fully saturated rings. The molecule has 0 saturated heterocycles. The number of benzene rings is 1. The minimum absolute atomic E-state index is 0.142. The molecule has 0 radical (unpaired) electrons. The Kier molecular flexibility index (Phi) is 5.11. The first-order valence-corrected chi connectivity index (χ1v) is 5.70. The van der Waals surface area contributed by atoms with Crippen LogP contribution in [0.3, 0.4) is 0 Å². The van der Waals surface area contributed by atoms with E-state index < -0.39 is 5.97 Å². The third-order valence-electron chi connectivity index (χ3n) is 1.90. The fourth-order valence-corrected chi connectivity index (χ4v) is 1.51. The Bertz CT molecular complexity index is 459. The maximum absolute atomic E-state index is 11.6. The normalized spacial score (nSPS) is 11.3. The monoisotopic (exact) mass is 248 g/mol. The van der Waals surface area contributed by atoms with Crippen molar-refractivity contribution in [3.8, 4) is 5.40 Å². The van der Waals surface area contributed by atoms with Gasteiger partial charge in [0.25, 0.3) is 0 Å². The van der Waals surface area contributed by atoms with Crippen molar-refractivity contribution in [1.82, 2.24) is 0 Å². The molecule has 0 aliphatic carbocycles. The molecule has 0 aliphatic rings. The predicted octanol–water partition coefficient (Wildman–Crippen LogP) is 2.13. The van der Waals surface area contributed by atoms with Gasteiger partial charge in [-0.15, -0.1) is 0 Å². The number of allylic oxidation sites excluding steroid dienone is 1. The van der Waals surface area contributed by atoms with Gasteiger partial charge in [-0.05, 0) is 24.2 Å². The maximum Gasteiger partial charge on any atom is 0.347 e. The summed E-state index contributed by atoms with van der Waals surface area (Å²) in [6.07, 6.45) is 0. The molecular weight excluding hydrogens is 236 g/mol. The Morgan fingerprint density at radius 1 is 1.47 bits per heavy atom. The lowest BCUT2D eigenvalue weighted by molar-refractivity contribution is -0.139. The van der Waals surface area contributed by atoms with Crippen molar-refractivity contribution < 1.29 is 9.53 Å². The van der Waals surface area contributed by atoms with Gasteiger partial charge in [0.15, 0.2) is 0 Å². The zero-order chi connectivity index (χ0) is 12.7. The number of carbonyl (C=O) groups excluding carboxylic acids is 1. The molecule has 0 aromatic heterocycles. The molecule has 0 atom stereocenters. The van der Waals surface area contributed by atoms with Crippen molar-refractivity contribution in [3.05, 3.63) is 46.5 Å². The molecule has 0 unspecified atom stereocenters.